The topological polar surface area (TPSA) is 30.5 Å². The number of rotatable bonds is 2. The third-order valence-electron chi connectivity index (χ3n) is 3.92. The van der Waals surface area contributed by atoms with Gasteiger partial charge in [0.15, 0.2) is 11.5 Å². The lowest BCUT2D eigenvalue weighted by molar-refractivity contribution is 0.171. The molecule has 1 unspecified atom stereocenters. The third-order valence-corrected chi connectivity index (χ3v) is 3.92. The molecule has 1 N–H and O–H groups in total. The van der Waals surface area contributed by atoms with Crippen molar-refractivity contribution < 1.29 is 9.47 Å². The van der Waals surface area contributed by atoms with Crippen molar-refractivity contribution in [1.82, 2.24) is 5.32 Å². The standard InChI is InChI=1S/C15H21NO2/c1-15(5-2-6-16-11-15)10-12-3-4-13-14(9-12)18-8-7-17-13/h3-4,9,16H,2,5-8,10-11H2,1H3. The molecule has 1 fully saturated rings. The molecule has 3 nitrogen and oxygen atoms in total. The second-order valence-electron chi connectivity index (χ2n) is 5.75. The largest absolute Gasteiger partial charge is 0.486 e. The van der Waals surface area contributed by atoms with Crippen molar-refractivity contribution in [2.75, 3.05) is 26.3 Å². The molecule has 0 aliphatic carbocycles. The van der Waals surface area contributed by atoms with E-state index < -0.39 is 0 Å². The number of hydrogen-bond acceptors (Lipinski definition) is 3. The number of fused-ring (bicyclic) bond motifs is 1. The van der Waals surface area contributed by atoms with Gasteiger partial charge in [-0.1, -0.05) is 13.0 Å². The van der Waals surface area contributed by atoms with E-state index in [1.54, 1.807) is 0 Å². The summed E-state index contributed by atoms with van der Waals surface area (Å²) >= 11 is 0. The van der Waals surface area contributed by atoms with Crippen LogP contribution in [0.4, 0.5) is 0 Å². The second kappa shape index (κ2) is 4.81. The first-order chi connectivity index (χ1) is 8.75. The zero-order valence-electron chi connectivity index (χ0n) is 11.0. The first-order valence-corrected chi connectivity index (χ1v) is 6.84. The van der Waals surface area contributed by atoms with Gasteiger partial charge in [-0.05, 0) is 48.9 Å². The van der Waals surface area contributed by atoms with Gasteiger partial charge < -0.3 is 14.8 Å². The summed E-state index contributed by atoms with van der Waals surface area (Å²) in [5.41, 5.74) is 1.73. The van der Waals surface area contributed by atoms with Crippen LogP contribution >= 0.6 is 0 Å². The predicted octanol–water partition coefficient (Wildman–Crippen LogP) is 2.39. The summed E-state index contributed by atoms with van der Waals surface area (Å²) in [6, 6.07) is 6.37. The highest BCUT2D eigenvalue weighted by Gasteiger charge is 2.27. The molecule has 1 atom stereocenters. The number of ether oxygens (including phenoxy) is 2. The maximum absolute atomic E-state index is 5.65. The van der Waals surface area contributed by atoms with Crippen LogP contribution in [0.1, 0.15) is 25.3 Å². The lowest BCUT2D eigenvalue weighted by Gasteiger charge is -2.34. The van der Waals surface area contributed by atoms with Gasteiger partial charge in [-0.3, -0.25) is 0 Å². The molecule has 0 radical (unpaired) electrons. The molecular formula is C15H21NO2. The fourth-order valence-corrected chi connectivity index (χ4v) is 2.96. The van der Waals surface area contributed by atoms with Crippen LogP contribution in [-0.4, -0.2) is 26.3 Å². The molecule has 0 spiro atoms. The molecule has 0 amide bonds. The molecule has 2 heterocycles. The quantitative estimate of drug-likeness (QED) is 0.870. The van der Waals surface area contributed by atoms with Gasteiger partial charge in [0.25, 0.3) is 0 Å². The van der Waals surface area contributed by atoms with Gasteiger partial charge in [-0.25, -0.2) is 0 Å². The van der Waals surface area contributed by atoms with Gasteiger partial charge in [-0.15, -0.1) is 0 Å². The molecule has 1 aromatic rings. The molecule has 2 aliphatic heterocycles. The van der Waals surface area contributed by atoms with Crippen molar-refractivity contribution in [1.29, 1.82) is 0 Å². The Labute approximate surface area is 108 Å². The van der Waals surface area contributed by atoms with Crippen LogP contribution in [0, 0.1) is 5.41 Å². The van der Waals surface area contributed by atoms with Crippen molar-refractivity contribution in [2.45, 2.75) is 26.2 Å². The van der Waals surface area contributed by atoms with E-state index >= 15 is 0 Å². The lowest BCUT2D eigenvalue weighted by atomic mass is 9.77. The van der Waals surface area contributed by atoms with Crippen molar-refractivity contribution in [3.8, 4) is 11.5 Å². The van der Waals surface area contributed by atoms with E-state index in [1.807, 2.05) is 6.07 Å². The van der Waals surface area contributed by atoms with Crippen LogP contribution < -0.4 is 14.8 Å². The fourth-order valence-electron chi connectivity index (χ4n) is 2.96. The summed E-state index contributed by atoms with van der Waals surface area (Å²) in [6.07, 6.45) is 3.69. The summed E-state index contributed by atoms with van der Waals surface area (Å²) in [5.74, 6) is 1.79. The SMILES string of the molecule is CC1(Cc2ccc3c(c2)OCCO3)CCCNC1. The Morgan fingerprint density at radius 1 is 1.22 bits per heavy atom. The molecule has 0 bridgehead atoms. The van der Waals surface area contributed by atoms with Crippen LogP contribution in [-0.2, 0) is 6.42 Å². The summed E-state index contributed by atoms with van der Waals surface area (Å²) in [7, 11) is 0. The van der Waals surface area contributed by atoms with Gasteiger partial charge in [-0.2, -0.15) is 0 Å². The molecule has 18 heavy (non-hydrogen) atoms. The minimum Gasteiger partial charge on any atom is -0.486 e. The Hall–Kier alpha value is -1.22. The molecule has 0 saturated carbocycles. The highest BCUT2D eigenvalue weighted by Crippen LogP contribution is 2.35. The predicted molar refractivity (Wildman–Crippen MR) is 71.3 cm³/mol. The number of hydrogen-bond donors (Lipinski definition) is 1. The Bertz CT molecular complexity index is 425. The normalized spacial score (nSPS) is 26.9. The van der Waals surface area contributed by atoms with Gasteiger partial charge in [0.1, 0.15) is 13.2 Å². The van der Waals surface area contributed by atoms with Gasteiger partial charge in [0.05, 0.1) is 0 Å². The van der Waals surface area contributed by atoms with Gasteiger partial charge in [0, 0.05) is 6.54 Å². The van der Waals surface area contributed by atoms with E-state index in [2.05, 4.69) is 24.4 Å². The van der Waals surface area contributed by atoms with Crippen LogP contribution in [0.15, 0.2) is 18.2 Å². The maximum Gasteiger partial charge on any atom is 0.161 e. The molecule has 2 aliphatic rings. The number of benzene rings is 1. The van der Waals surface area contributed by atoms with E-state index in [0.717, 1.165) is 31.0 Å². The molecular weight excluding hydrogens is 226 g/mol. The van der Waals surface area contributed by atoms with Crippen LogP contribution in [0.5, 0.6) is 11.5 Å². The second-order valence-corrected chi connectivity index (χ2v) is 5.75. The van der Waals surface area contributed by atoms with Gasteiger partial charge >= 0.3 is 0 Å². The van der Waals surface area contributed by atoms with Crippen molar-refractivity contribution in [3.05, 3.63) is 23.8 Å². The summed E-state index contributed by atoms with van der Waals surface area (Å²) in [4.78, 5) is 0. The highest BCUT2D eigenvalue weighted by atomic mass is 16.6. The zero-order chi connectivity index (χ0) is 12.4. The average molecular weight is 247 g/mol. The minimum absolute atomic E-state index is 0.377. The van der Waals surface area contributed by atoms with Crippen molar-refractivity contribution >= 4 is 0 Å². The summed E-state index contributed by atoms with van der Waals surface area (Å²) < 4.78 is 11.2. The van der Waals surface area contributed by atoms with Crippen molar-refractivity contribution in [2.24, 2.45) is 5.41 Å². The van der Waals surface area contributed by atoms with E-state index in [1.165, 1.54) is 18.4 Å². The molecule has 1 aromatic carbocycles. The highest BCUT2D eigenvalue weighted by molar-refractivity contribution is 5.44. The molecule has 0 aromatic heterocycles. The van der Waals surface area contributed by atoms with Crippen LogP contribution in [0.25, 0.3) is 0 Å². The summed E-state index contributed by atoms with van der Waals surface area (Å²) in [6.45, 7) is 5.97. The van der Waals surface area contributed by atoms with Crippen molar-refractivity contribution in [3.63, 3.8) is 0 Å². The van der Waals surface area contributed by atoms with E-state index in [9.17, 15) is 0 Å². The monoisotopic (exact) mass is 247 g/mol. The molecule has 3 rings (SSSR count). The zero-order valence-corrected chi connectivity index (χ0v) is 11.0. The molecule has 3 heteroatoms. The Morgan fingerprint density at radius 3 is 2.83 bits per heavy atom. The van der Waals surface area contributed by atoms with E-state index in [-0.39, 0.29) is 0 Å². The number of nitrogens with one attached hydrogen (secondary N) is 1. The summed E-state index contributed by atoms with van der Waals surface area (Å²) in [5, 5.41) is 3.50. The van der Waals surface area contributed by atoms with Crippen LogP contribution in [0.2, 0.25) is 0 Å². The molecule has 1 saturated heterocycles. The maximum atomic E-state index is 5.65. The minimum atomic E-state index is 0.377. The Kier molecular flexibility index (Phi) is 3.16. The van der Waals surface area contributed by atoms with E-state index in [4.69, 9.17) is 9.47 Å². The smallest absolute Gasteiger partial charge is 0.161 e. The van der Waals surface area contributed by atoms with Crippen LogP contribution in [0.3, 0.4) is 0 Å². The number of piperidine rings is 1. The third kappa shape index (κ3) is 2.46. The van der Waals surface area contributed by atoms with Gasteiger partial charge in [0.2, 0.25) is 0 Å². The van der Waals surface area contributed by atoms with E-state index in [0.29, 0.717) is 18.6 Å². The Morgan fingerprint density at radius 2 is 2.06 bits per heavy atom. The first-order valence-electron chi connectivity index (χ1n) is 6.84. The molecule has 98 valence electrons. The average Bonchev–Trinajstić information content (AvgIpc) is 2.39. The lowest BCUT2D eigenvalue weighted by Crippen LogP contribution is -2.39. The first kappa shape index (κ1) is 11.8. The fraction of sp³-hybridized carbons (Fsp3) is 0.600. The Balaban J connectivity index is 1.76.